The molecule has 0 aliphatic carbocycles. The van der Waals surface area contributed by atoms with Crippen molar-refractivity contribution in [1.82, 2.24) is 5.32 Å². The van der Waals surface area contributed by atoms with Crippen LogP contribution in [-0.2, 0) is 32.5 Å². The van der Waals surface area contributed by atoms with Gasteiger partial charge in [0, 0.05) is 18.6 Å². The van der Waals surface area contributed by atoms with E-state index in [1.807, 2.05) is 36.4 Å². The molecule has 1 unspecified atom stereocenters. The highest BCUT2D eigenvalue weighted by molar-refractivity contribution is 7.92. The lowest BCUT2D eigenvalue weighted by Crippen LogP contribution is -2.51. The first-order valence-corrected chi connectivity index (χ1v) is 15.3. The van der Waals surface area contributed by atoms with Crippen LogP contribution in [0.15, 0.2) is 108 Å². The molecule has 8 nitrogen and oxygen atoms in total. The number of carbonyl (C=O) groups excluding carboxylic acids is 2. The number of benzene rings is 4. The van der Waals surface area contributed by atoms with Crippen LogP contribution in [0, 0.1) is 0 Å². The maximum atomic E-state index is 13.5. The number of sulfonamides is 1. The zero-order valence-electron chi connectivity index (χ0n) is 22.9. The second-order valence-corrected chi connectivity index (χ2v) is 12.3. The minimum atomic E-state index is -3.78. The van der Waals surface area contributed by atoms with E-state index in [0.717, 1.165) is 5.56 Å². The monoisotopic (exact) mass is 603 g/mol. The van der Waals surface area contributed by atoms with E-state index in [0.29, 0.717) is 40.7 Å². The van der Waals surface area contributed by atoms with Crippen LogP contribution in [0.5, 0.6) is 5.75 Å². The summed E-state index contributed by atoms with van der Waals surface area (Å²) in [5.74, 6) is -0.0278. The van der Waals surface area contributed by atoms with E-state index >= 15 is 0 Å². The van der Waals surface area contributed by atoms with Crippen LogP contribution in [0.25, 0.3) is 0 Å². The van der Waals surface area contributed by atoms with Crippen LogP contribution in [-0.4, -0.2) is 46.5 Å². The van der Waals surface area contributed by atoms with Crippen molar-refractivity contribution in [2.45, 2.75) is 23.8 Å². The molecule has 5 rings (SSSR count). The third-order valence-corrected chi connectivity index (χ3v) is 9.10. The fourth-order valence-electron chi connectivity index (χ4n) is 4.69. The Balaban J connectivity index is 1.25. The Hall–Kier alpha value is -4.34. The first-order valence-electron chi connectivity index (χ1n) is 13.4. The Morgan fingerprint density at radius 3 is 2.29 bits per heavy atom. The van der Waals surface area contributed by atoms with E-state index in [2.05, 4.69) is 5.32 Å². The second-order valence-electron chi connectivity index (χ2n) is 9.87. The molecule has 10 heteroatoms. The van der Waals surface area contributed by atoms with Gasteiger partial charge < -0.3 is 15.0 Å². The second kappa shape index (κ2) is 12.7. The zero-order valence-corrected chi connectivity index (χ0v) is 24.5. The minimum absolute atomic E-state index is 0.0601. The molecule has 0 fully saturated rings. The summed E-state index contributed by atoms with van der Waals surface area (Å²) in [5, 5.41) is 3.37. The Morgan fingerprint density at radius 2 is 1.57 bits per heavy atom. The van der Waals surface area contributed by atoms with Crippen LogP contribution >= 0.6 is 11.6 Å². The molecular formula is C32H30ClN3O5S. The number of fused-ring (bicyclic) bond motifs is 1. The van der Waals surface area contributed by atoms with Gasteiger partial charge in [0.05, 0.1) is 29.2 Å². The molecule has 1 aliphatic heterocycles. The number of para-hydroxylation sites is 2. The lowest BCUT2D eigenvalue weighted by molar-refractivity contribution is -0.128. The van der Waals surface area contributed by atoms with Crippen molar-refractivity contribution in [2.75, 3.05) is 29.3 Å². The van der Waals surface area contributed by atoms with E-state index in [-0.39, 0.29) is 29.7 Å². The van der Waals surface area contributed by atoms with Gasteiger partial charge in [-0.1, -0.05) is 66.2 Å². The molecule has 0 aromatic heterocycles. The molecule has 1 aliphatic rings. The van der Waals surface area contributed by atoms with E-state index in [1.54, 1.807) is 47.4 Å². The van der Waals surface area contributed by atoms with Gasteiger partial charge in [0.1, 0.15) is 5.75 Å². The fraction of sp³-hybridized carbons (Fsp3) is 0.188. The van der Waals surface area contributed by atoms with Gasteiger partial charge in [0.15, 0.2) is 6.10 Å². The number of hydrogen-bond donors (Lipinski definition) is 1. The van der Waals surface area contributed by atoms with Crippen molar-refractivity contribution >= 4 is 44.8 Å². The SMILES string of the molecule is CN(c1ccc(CC(=O)N2CC(C(=O)NCCc3ccccc3)Oc3ccccc32)cc1)S(=O)(=O)c1ccc(Cl)cc1. The van der Waals surface area contributed by atoms with Gasteiger partial charge in [-0.15, -0.1) is 0 Å². The highest BCUT2D eigenvalue weighted by Gasteiger charge is 2.33. The van der Waals surface area contributed by atoms with Crippen LogP contribution < -0.4 is 19.3 Å². The summed E-state index contributed by atoms with van der Waals surface area (Å²) < 4.78 is 33.2. The van der Waals surface area contributed by atoms with Gasteiger partial charge in [-0.3, -0.25) is 13.9 Å². The molecule has 0 radical (unpaired) electrons. The van der Waals surface area contributed by atoms with Gasteiger partial charge in [0.2, 0.25) is 5.91 Å². The molecule has 4 aromatic carbocycles. The molecule has 2 amide bonds. The van der Waals surface area contributed by atoms with Crippen molar-refractivity contribution < 1.29 is 22.7 Å². The molecule has 0 bridgehead atoms. The average Bonchev–Trinajstić information content (AvgIpc) is 3.01. The van der Waals surface area contributed by atoms with E-state index < -0.39 is 16.1 Å². The normalized spacial score (nSPS) is 14.4. The number of rotatable bonds is 9. The predicted molar refractivity (Wildman–Crippen MR) is 164 cm³/mol. The first-order chi connectivity index (χ1) is 20.2. The van der Waals surface area contributed by atoms with Gasteiger partial charge in [-0.2, -0.15) is 0 Å². The van der Waals surface area contributed by atoms with E-state index in [1.165, 1.54) is 35.6 Å². The van der Waals surface area contributed by atoms with Crippen molar-refractivity contribution in [3.8, 4) is 5.75 Å². The summed E-state index contributed by atoms with van der Waals surface area (Å²) in [6, 6.07) is 29.7. The van der Waals surface area contributed by atoms with E-state index in [4.69, 9.17) is 16.3 Å². The predicted octanol–water partition coefficient (Wildman–Crippen LogP) is 4.86. The standard InChI is InChI=1S/C32H30ClN3O5S/c1-35(42(39,40)27-17-13-25(33)14-18-27)26-15-11-24(12-16-26)21-31(37)36-22-30(41-29-10-6-5-9-28(29)36)32(38)34-20-19-23-7-3-2-4-8-23/h2-18,30H,19-22H2,1H3,(H,34,38). The Labute approximate surface area is 250 Å². The third-order valence-electron chi connectivity index (χ3n) is 7.05. The van der Waals surface area contributed by atoms with Gasteiger partial charge in [-0.05, 0) is 66.1 Å². The van der Waals surface area contributed by atoms with Gasteiger partial charge in [-0.25, -0.2) is 8.42 Å². The smallest absolute Gasteiger partial charge is 0.264 e. The number of carbonyl (C=O) groups is 2. The summed E-state index contributed by atoms with van der Waals surface area (Å²) >= 11 is 5.90. The Morgan fingerprint density at radius 1 is 0.905 bits per heavy atom. The lowest BCUT2D eigenvalue weighted by atomic mass is 10.1. The molecule has 4 aromatic rings. The van der Waals surface area contributed by atoms with E-state index in [9.17, 15) is 18.0 Å². The minimum Gasteiger partial charge on any atom is -0.477 e. The highest BCUT2D eigenvalue weighted by atomic mass is 35.5. The number of nitrogens with one attached hydrogen (secondary N) is 1. The third kappa shape index (κ3) is 6.58. The number of halogens is 1. The number of hydrogen-bond acceptors (Lipinski definition) is 5. The summed E-state index contributed by atoms with van der Waals surface area (Å²) in [6.45, 7) is 0.528. The van der Waals surface area contributed by atoms with Crippen LogP contribution in [0.2, 0.25) is 5.02 Å². The molecule has 0 saturated carbocycles. The molecule has 0 spiro atoms. The topological polar surface area (TPSA) is 96.0 Å². The van der Waals surface area contributed by atoms with Crippen LogP contribution in [0.1, 0.15) is 11.1 Å². The van der Waals surface area contributed by atoms with Crippen LogP contribution in [0.4, 0.5) is 11.4 Å². The maximum Gasteiger partial charge on any atom is 0.264 e. The van der Waals surface area contributed by atoms with Crippen LogP contribution in [0.3, 0.4) is 0 Å². The summed E-state index contributed by atoms with van der Waals surface area (Å²) in [6.07, 6.45) is -0.108. The summed E-state index contributed by atoms with van der Waals surface area (Å²) in [7, 11) is -2.31. The number of nitrogens with zero attached hydrogens (tertiary/aromatic N) is 2. The summed E-state index contributed by atoms with van der Waals surface area (Å²) in [5.41, 5.74) is 2.87. The number of amides is 2. The molecule has 1 atom stereocenters. The first kappa shape index (κ1) is 29.2. The largest absolute Gasteiger partial charge is 0.477 e. The molecule has 0 saturated heterocycles. The van der Waals surface area contributed by atoms with Crippen molar-refractivity contribution in [2.24, 2.45) is 0 Å². The Bertz CT molecular complexity index is 1660. The molecular weight excluding hydrogens is 574 g/mol. The molecule has 1 heterocycles. The average molecular weight is 604 g/mol. The highest BCUT2D eigenvalue weighted by Crippen LogP contribution is 2.34. The van der Waals surface area contributed by atoms with Gasteiger partial charge in [0.25, 0.3) is 15.9 Å². The fourth-order valence-corrected chi connectivity index (χ4v) is 6.01. The Kier molecular flexibility index (Phi) is 8.80. The lowest BCUT2D eigenvalue weighted by Gasteiger charge is -2.34. The summed E-state index contributed by atoms with van der Waals surface area (Å²) in [4.78, 5) is 28.2. The number of ether oxygens (including phenoxy) is 1. The van der Waals surface area contributed by atoms with Crippen molar-refractivity contribution in [1.29, 1.82) is 0 Å². The van der Waals surface area contributed by atoms with Gasteiger partial charge >= 0.3 is 0 Å². The van der Waals surface area contributed by atoms with Crippen molar-refractivity contribution in [3.05, 3.63) is 119 Å². The maximum absolute atomic E-state index is 13.5. The molecule has 1 N–H and O–H groups in total. The zero-order chi connectivity index (χ0) is 29.7. The molecule has 216 valence electrons. The molecule has 42 heavy (non-hydrogen) atoms. The van der Waals surface area contributed by atoms with Crippen molar-refractivity contribution in [3.63, 3.8) is 0 Å². The number of anilines is 2. The quantitative estimate of drug-likeness (QED) is 0.295.